The summed E-state index contributed by atoms with van der Waals surface area (Å²) >= 11 is 0. The molecule has 1 atom stereocenters. The molecule has 3 rings (SSSR count). The Balaban J connectivity index is 1.88. The molecule has 3 amide bonds. The van der Waals surface area contributed by atoms with Gasteiger partial charge in [-0.3, -0.25) is 14.5 Å². The van der Waals surface area contributed by atoms with Crippen molar-refractivity contribution in [2.24, 2.45) is 0 Å². The van der Waals surface area contributed by atoms with Crippen LogP contribution in [0.25, 0.3) is 0 Å². The second-order valence-corrected chi connectivity index (χ2v) is 7.22. The smallest absolute Gasteiger partial charge is 0.325 e. The van der Waals surface area contributed by atoms with Crippen LogP contribution in [-0.4, -0.2) is 42.4 Å². The number of carbonyl (C=O) groups excluding carboxylic acids is 3. The Bertz CT molecular complexity index is 971. The topological polar surface area (TPSA) is 84.9 Å². The van der Waals surface area contributed by atoms with E-state index in [2.05, 4.69) is 5.32 Å². The van der Waals surface area contributed by atoms with Crippen molar-refractivity contribution < 1.29 is 23.9 Å². The van der Waals surface area contributed by atoms with Crippen LogP contribution >= 0.6 is 0 Å². The molecule has 1 aliphatic heterocycles. The number of hydrogen-bond donors (Lipinski definition) is 1. The van der Waals surface area contributed by atoms with Crippen LogP contribution in [0, 0.1) is 0 Å². The standard InChI is InChI=1S/C22H24N2O5/c1-14(25)15-9-10-19(29-4)17(11-15)13-24-20(26)22(2,23-21(24)27)12-16-7-5-6-8-18(16)28-3/h5-11H,12-13H2,1-4H3,(H,23,27)/t22-/m1/s1. The first-order valence-corrected chi connectivity index (χ1v) is 9.23. The van der Waals surface area contributed by atoms with Gasteiger partial charge in [0.05, 0.1) is 20.8 Å². The van der Waals surface area contributed by atoms with Gasteiger partial charge in [-0.15, -0.1) is 0 Å². The van der Waals surface area contributed by atoms with Gasteiger partial charge in [-0.1, -0.05) is 18.2 Å². The Hall–Kier alpha value is -3.35. The summed E-state index contributed by atoms with van der Waals surface area (Å²) in [6.45, 7) is 3.17. The highest BCUT2D eigenvalue weighted by molar-refractivity contribution is 6.07. The Labute approximate surface area is 169 Å². The van der Waals surface area contributed by atoms with Gasteiger partial charge in [0.25, 0.3) is 5.91 Å². The maximum atomic E-state index is 13.2. The van der Waals surface area contributed by atoms with Gasteiger partial charge in [0, 0.05) is 17.5 Å². The monoisotopic (exact) mass is 396 g/mol. The third-order valence-corrected chi connectivity index (χ3v) is 5.10. The number of methoxy groups -OCH3 is 2. The van der Waals surface area contributed by atoms with Gasteiger partial charge >= 0.3 is 6.03 Å². The van der Waals surface area contributed by atoms with E-state index in [-0.39, 0.29) is 18.2 Å². The normalized spacial score (nSPS) is 18.6. The average molecular weight is 396 g/mol. The molecule has 0 aliphatic carbocycles. The molecule has 7 nitrogen and oxygen atoms in total. The van der Waals surface area contributed by atoms with Crippen molar-refractivity contribution in [2.45, 2.75) is 32.4 Å². The number of benzene rings is 2. The fraction of sp³-hybridized carbons (Fsp3) is 0.318. The lowest BCUT2D eigenvalue weighted by molar-refractivity contribution is -0.131. The molecule has 1 heterocycles. The number of amides is 3. The number of ketones is 1. The molecule has 7 heteroatoms. The number of rotatable bonds is 7. The minimum atomic E-state index is -1.10. The Morgan fingerprint density at radius 3 is 2.34 bits per heavy atom. The van der Waals surface area contributed by atoms with Crippen molar-refractivity contribution >= 4 is 17.7 Å². The van der Waals surface area contributed by atoms with Gasteiger partial charge in [0.15, 0.2) is 5.78 Å². The van der Waals surface area contributed by atoms with Crippen LogP contribution in [0.15, 0.2) is 42.5 Å². The Morgan fingerprint density at radius 1 is 1.03 bits per heavy atom. The van der Waals surface area contributed by atoms with E-state index in [1.165, 1.54) is 14.0 Å². The fourth-order valence-electron chi connectivity index (χ4n) is 3.53. The first-order valence-electron chi connectivity index (χ1n) is 9.23. The minimum absolute atomic E-state index is 0.0104. The lowest BCUT2D eigenvalue weighted by Crippen LogP contribution is -2.46. The van der Waals surface area contributed by atoms with Gasteiger partial charge < -0.3 is 14.8 Å². The number of para-hydroxylation sites is 1. The molecule has 29 heavy (non-hydrogen) atoms. The van der Waals surface area contributed by atoms with Crippen LogP contribution in [-0.2, 0) is 17.8 Å². The predicted molar refractivity (Wildman–Crippen MR) is 107 cm³/mol. The minimum Gasteiger partial charge on any atom is -0.496 e. The largest absolute Gasteiger partial charge is 0.496 e. The van der Waals surface area contributed by atoms with Gasteiger partial charge in [0.2, 0.25) is 0 Å². The number of nitrogens with zero attached hydrogens (tertiary/aromatic N) is 1. The molecular weight excluding hydrogens is 372 g/mol. The van der Waals surface area contributed by atoms with Crippen molar-refractivity contribution in [2.75, 3.05) is 14.2 Å². The molecule has 0 unspecified atom stereocenters. The number of hydrogen-bond acceptors (Lipinski definition) is 5. The van der Waals surface area contributed by atoms with Crippen LogP contribution in [0.3, 0.4) is 0 Å². The number of Topliss-reactive ketones (excluding diaryl/α,β-unsaturated/α-hetero) is 1. The maximum Gasteiger partial charge on any atom is 0.325 e. The first-order chi connectivity index (χ1) is 13.8. The third-order valence-electron chi connectivity index (χ3n) is 5.10. The second-order valence-electron chi connectivity index (χ2n) is 7.22. The van der Waals surface area contributed by atoms with E-state index in [9.17, 15) is 14.4 Å². The van der Waals surface area contributed by atoms with Crippen LogP contribution in [0.2, 0.25) is 0 Å². The van der Waals surface area contributed by atoms with E-state index >= 15 is 0 Å². The number of carbonyl (C=O) groups is 3. The van der Waals surface area contributed by atoms with Gasteiger partial charge in [-0.2, -0.15) is 0 Å². The average Bonchev–Trinajstić information content (AvgIpc) is 2.91. The first kappa shape index (κ1) is 20.4. The highest BCUT2D eigenvalue weighted by Gasteiger charge is 2.48. The molecule has 0 spiro atoms. The summed E-state index contributed by atoms with van der Waals surface area (Å²) in [7, 11) is 3.07. The summed E-state index contributed by atoms with van der Waals surface area (Å²) < 4.78 is 10.7. The zero-order valence-corrected chi connectivity index (χ0v) is 16.9. The highest BCUT2D eigenvalue weighted by Crippen LogP contribution is 2.30. The SMILES string of the molecule is COc1ccc(C(C)=O)cc1CN1C(=O)N[C@](C)(Cc2ccccc2OC)C1=O. The van der Waals surface area contributed by atoms with Gasteiger partial charge in [0.1, 0.15) is 17.0 Å². The molecule has 0 radical (unpaired) electrons. The number of imide groups is 1. The van der Waals surface area contributed by atoms with E-state index < -0.39 is 11.6 Å². The van der Waals surface area contributed by atoms with Crippen LogP contribution in [0.1, 0.15) is 35.3 Å². The van der Waals surface area contributed by atoms with E-state index in [0.717, 1.165) is 10.5 Å². The summed E-state index contributed by atoms with van der Waals surface area (Å²) in [5.74, 6) is 0.717. The lowest BCUT2D eigenvalue weighted by Gasteiger charge is -2.23. The third kappa shape index (κ3) is 3.94. The van der Waals surface area contributed by atoms with Crippen molar-refractivity contribution in [1.82, 2.24) is 10.2 Å². The zero-order valence-electron chi connectivity index (χ0n) is 16.9. The summed E-state index contributed by atoms with van der Waals surface area (Å²) in [5.41, 5.74) is 0.802. The molecule has 1 N–H and O–H groups in total. The van der Waals surface area contributed by atoms with Crippen LogP contribution in [0.4, 0.5) is 4.79 Å². The van der Waals surface area contributed by atoms with Gasteiger partial charge in [-0.05, 0) is 43.7 Å². The summed E-state index contributed by atoms with van der Waals surface area (Å²) in [5, 5.41) is 2.80. The lowest BCUT2D eigenvalue weighted by atomic mass is 9.92. The molecule has 1 saturated heterocycles. The summed E-state index contributed by atoms with van der Waals surface area (Å²) in [6.07, 6.45) is 0.294. The highest BCUT2D eigenvalue weighted by atomic mass is 16.5. The van der Waals surface area contributed by atoms with Crippen molar-refractivity contribution in [3.63, 3.8) is 0 Å². The number of nitrogens with one attached hydrogen (secondary N) is 1. The van der Waals surface area contributed by atoms with Crippen molar-refractivity contribution in [1.29, 1.82) is 0 Å². The molecule has 2 aromatic rings. The van der Waals surface area contributed by atoms with E-state index in [1.54, 1.807) is 32.2 Å². The van der Waals surface area contributed by atoms with E-state index in [0.29, 0.717) is 29.0 Å². The zero-order chi connectivity index (χ0) is 21.2. The Morgan fingerprint density at radius 2 is 1.69 bits per heavy atom. The summed E-state index contributed by atoms with van der Waals surface area (Å²) in [6, 6.07) is 11.9. The van der Waals surface area contributed by atoms with Crippen molar-refractivity contribution in [3.8, 4) is 11.5 Å². The van der Waals surface area contributed by atoms with E-state index in [1.807, 2.05) is 24.3 Å². The van der Waals surface area contributed by atoms with Crippen LogP contribution in [0.5, 0.6) is 11.5 Å². The number of ether oxygens (including phenoxy) is 2. The molecule has 1 aliphatic rings. The molecule has 1 fully saturated rings. The van der Waals surface area contributed by atoms with E-state index in [4.69, 9.17) is 9.47 Å². The molecule has 0 aromatic heterocycles. The quantitative estimate of drug-likeness (QED) is 0.575. The molecule has 0 bridgehead atoms. The Kier molecular flexibility index (Phi) is 5.59. The maximum absolute atomic E-state index is 13.2. The van der Waals surface area contributed by atoms with Crippen LogP contribution < -0.4 is 14.8 Å². The van der Waals surface area contributed by atoms with Gasteiger partial charge in [-0.25, -0.2) is 4.79 Å². The predicted octanol–water partition coefficient (Wildman–Crippen LogP) is 2.96. The molecular formula is C22H24N2O5. The molecule has 0 saturated carbocycles. The second kappa shape index (κ2) is 7.95. The molecule has 2 aromatic carbocycles. The van der Waals surface area contributed by atoms with Crippen molar-refractivity contribution in [3.05, 3.63) is 59.2 Å². The molecule has 152 valence electrons. The fourth-order valence-corrected chi connectivity index (χ4v) is 3.53. The summed E-state index contributed by atoms with van der Waals surface area (Å²) in [4.78, 5) is 38.6. The number of urea groups is 1.